The molecule has 2 bridgehead atoms. The Morgan fingerprint density at radius 2 is 2.00 bits per heavy atom. The minimum atomic E-state index is 0.142. The fourth-order valence-corrected chi connectivity index (χ4v) is 3.12. The number of rotatable bonds is 2. The molecule has 2 aliphatic heterocycles. The van der Waals surface area contributed by atoms with Gasteiger partial charge in [-0.2, -0.15) is 0 Å². The summed E-state index contributed by atoms with van der Waals surface area (Å²) in [6, 6.07) is 1.07. The standard InChI is InChI=1S/C13H17N3O/c17-13(12-8-14-4-5-15-12)9-6-10-2-1-3-11(7-9)16-10/h4-5,8-11,16H,1-3,6-7H2. The van der Waals surface area contributed by atoms with E-state index >= 15 is 0 Å². The van der Waals surface area contributed by atoms with E-state index in [4.69, 9.17) is 0 Å². The van der Waals surface area contributed by atoms with Gasteiger partial charge in [0.1, 0.15) is 5.69 Å². The van der Waals surface area contributed by atoms with E-state index in [1.807, 2.05) is 0 Å². The van der Waals surface area contributed by atoms with Crippen molar-refractivity contribution in [3.63, 3.8) is 0 Å². The van der Waals surface area contributed by atoms with Gasteiger partial charge in [-0.3, -0.25) is 9.78 Å². The van der Waals surface area contributed by atoms with Gasteiger partial charge in [-0.15, -0.1) is 0 Å². The van der Waals surface area contributed by atoms with Crippen LogP contribution in [0.3, 0.4) is 0 Å². The summed E-state index contributed by atoms with van der Waals surface area (Å²) < 4.78 is 0. The van der Waals surface area contributed by atoms with Gasteiger partial charge in [0.2, 0.25) is 0 Å². The predicted molar refractivity (Wildman–Crippen MR) is 63.6 cm³/mol. The molecule has 90 valence electrons. The molecule has 2 fully saturated rings. The number of aromatic nitrogens is 2. The van der Waals surface area contributed by atoms with Crippen LogP contribution in [0.4, 0.5) is 0 Å². The minimum absolute atomic E-state index is 0.142. The molecular weight excluding hydrogens is 214 g/mol. The molecule has 0 saturated carbocycles. The molecular formula is C13H17N3O. The van der Waals surface area contributed by atoms with Crippen molar-refractivity contribution in [3.05, 3.63) is 24.3 Å². The number of carbonyl (C=O) groups excluding carboxylic acids is 1. The maximum atomic E-state index is 12.3. The number of nitrogens with one attached hydrogen (secondary N) is 1. The largest absolute Gasteiger partial charge is 0.311 e. The van der Waals surface area contributed by atoms with Gasteiger partial charge < -0.3 is 5.32 Å². The van der Waals surface area contributed by atoms with E-state index in [1.54, 1.807) is 18.6 Å². The van der Waals surface area contributed by atoms with Crippen LogP contribution in [0.25, 0.3) is 0 Å². The zero-order valence-corrected chi connectivity index (χ0v) is 9.80. The molecule has 0 spiro atoms. The first kappa shape index (κ1) is 10.8. The molecule has 1 N–H and O–H groups in total. The van der Waals surface area contributed by atoms with E-state index in [9.17, 15) is 4.79 Å². The highest BCUT2D eigenvalue weighted by Gasteiger charge is 2.35. The number of carbonyl (C=O) groups is 1. The van der Waals surface area contributed by atoms with E-state index in [0.717, 1.165) is 12.8 Å². The lowest BCUT2D eigenvalue weighted by molar-refractivity contribution is 0.0819. The number of hydrogen-bond donors (Lipinski definition) is 1. The topological polar surface area (TPSA) is 54.9 Å². The number of hydrogen-bond acceptors (Lipinski definition) is 4. The SMILES string of the molecule is O=C(c1cnccn1)C1CC2CCCC(C1)N2. The Morgan fingerprint density at radius 1 is 1.24 bits per heavy atom. The van der Waals surface area contributed by atoms with Crippen molar-refractivity contribution >= 4 is 5.78 Å². The average molecular weight is 231 g/mol. The maximum absolute atomic E-state index is 12.3. The van der Waals surface area contributed by atoms with Gasteiger partial charge in [0.25, 0.3) is 0 Å². The highest BCUT2D eigenvalue weighted by molar-refractivity contribution is 5.95. The summed E-state index contributed by atoms with van der Waals surface area (Å²) in [5.41, 5.74) is 0.525. The molecule has 1 aromatic heterocycles. The van der Waals surface area contributed by atoms with Gasteiger partial charge >= 0.3 is 0 Å². The molecule has 4 heteroatoms. The Balaban J connectivity index is 1.74. The second-order valence-corrected chi connectivity index (χ2v) is 5.11. The molecule has 2 aliphatic rings. The first-order valence-corrected chi connectivity index (χ1v) is 6.39. The molecule has 0 radical (unpaired) electrons. The first-order chi connectivity index (χ1) is 8.33. The zero-order valence-electron chi connectivity index (χ0n) is 9.80. The third-order valence-electron chi connectivity index (χ3n) is 3.90. The van der Waals surface area contributed by atoms with Gasteiger partial charge in [0.05, 0.1) is 6.20 Å². The lowest BCUT2D eigenvalue weighted by Crippen LogP contribution is -2.50. The van der Waals surface area contributed by atoms with Crippen molar-refractivity contribution in [1.82, 2.24) is 15.3 Å². The summed E-state index contributed by atoms with van der Waals surface area (Å²) in [4.78, 5) is 20.4. The van der Waals surface area contributed by atoms with Crippen LogP contribution < -0.4 is 5.32 Å². The number of piperidine rings is 2. The molecule has 0 aliphatic carbocycles. The second kappa shape index (κ2) is 4.53. The molecule has 1 aromatic rings. The van der Waals surface area contributed by atoms with E-state index in [0.29, 0.717) is 17.8 Å². The smallest absolute Gasteiger partial charge is 0.185 e. The molecule has 2 atom stereocenters. The molecule has 3 heterocycles. The third-order valence-corrected chi connectivity index (χ3v) is 3.90. The van der Waals surface area contributed by atoms with Crippen LogP contribution in [0.2, 0.25) is 0 Å². The molecule has 0 aromatic carbocycles. The summed E-state index contributed by atoms with van der Waals surface area (Å²) in [7, 11) is 0. The molecule has 4 nitrogen and oxygen atoms in total. The van der Waals surface area contributed by atoms with Crippen LogP contribution in [-0.2, 0) is 0 Å². The monoisotopic (exact) mass is 231 g/mol. The van der Waals surface area contributed by atoms with E-state index in [1.165, 1.54) is 19.3 Å². The number of ketones is 1. The molecule has 3 rings (SSSR count). The number of Topliss-reactive ketones (excluding diaryl/α,β-unsaturated/α-hetero) is 1. The Bertz CT molecular complexity index is 394. The Labute approximate surface area is 101 Å². The summed E-state index contributed by atoms with van der Waals surface area (Å²) >= 11 is 0. The van der Waals surface area contributed by atoms with Crippen LogP contribution in [0.15, 0.2) is 18.6 Å². The van der Waals surface area contributed by atoms with Gasteiger partial charge in [0, 0.05) is 30.4 Å². The van der Waals surface area contributed by atoms with Crippen LogP contribution in [0.1, 0.15) is 42.6 Å². The molecule has 17 heavy (non-hydrogen) atoms. The minimum Gasteiger partial charge on any atom is -0.311 e. The second-order valence-electron chi connectivity index (χ2n) is 5.11. The predicted octanol–water partition coefficient (Wildman–Crippen LogP) is 1.58. The Kier molecular flexibility index (Phi) is 2.89. The lowest BCUT2D eigenvalue weighted by atomic mass is 9.78. The average Bonchev–Trinajstić information content (AvgIpc) is 2.38. The zero-order chi connectivity index (χ0) is 11.7. The van der Waals surface area contributed by atoms with E-state index < -0.39 is 0 Å². The summed E-state index contributed by atoms with van der Waals surface area (Å²) in [6.07, 6.45) is 10.4. The van der Waals surface area contributed by atoms with E-state index in [-0.39, 0.29) is 11.7 Å². The summed E-state index contributed by atoms with van der Waals surface area (Å²) in [5, 5.41) is 3.60. The van der Waals surface area contributed by atoms with Gasteiger partial charge in [-0.25, -0.2) is 4.98 Å². The third kappa shape index (κ3) is 2.22. The van der Waals surface area contributed by atoms with Crippen molar-refractivity contribution in [2.75, 3.05) is 0 Å². The maximum Gasteiger partial charge on any atom is 0.185 e. The fourth-order valence-electron chi connectivity index (χ4n) is 3.12. The van der Waals surface area contributed by atoms with Crippen molar-refractivity contribution < 1.29 is 4.79 Å². The quantitative estimate of drug-likeness (QED) is 0.785. The van der Waals surface area contributed by atoms with Crippen LogP contribution >= 0.6 is 0 Å². The molecule has 2 saturated heterocycles. The van der Waals surface area contributed by atoms with Crippen molar-refractivity contribution in [3.8, 4) is 0 Å². The van der Waals surface area contributed by atoms with Crippen molar-refractivity contribution in [2.45, 2.75) is 44.2 Å². The van der Waals surface area contributed by atoms with Crippen LogP contribution in [0, 0.1) is 5.92 Å². The number of fused-ring (bicyclic) bond motifs is 2. The highest BCUT2D eigenvalue weighted by Crippen LogP contribution is 2.31. The lowest BCUT2D eigenvalue weighted by Gasteiger charge is -2.39. The van der Waals surface area contributed by atoms with Gasteiger partial charge in [-0.05, 0) is 25.7 Å². The normalized spacial score (nSPS) is 32.1. The van der Waals surface area contributed by atoms with Crippen LogP contribution in [-0.4, -0.2) is 27.8 Å². The van der Waals surface area contributed by atoms with Crippen LogP contribution in [0.5, 0.6) is 0 Å². The number of nitrogens with zero attached hydrogens (tertiary/aromatic N) is 2. The Morgan fingerprint density at radius 3 is 2.65 bits per heavy atom. The molecule has 2 unspecified atom stereocenters. The molecule has 0 amide bonds. The summed E-state index contributed by atoms with van der Waals surface area (Å²) in [5.74, 6) is 0.319. The highest BCUT2D eigenvalue weighted by atomic mass is 16.1. The van der Waals surface area contributed by atoms with Gasteiger partial charge in [-0.1, -0.05) is 6.42 Å². The van der Waals surface area contributed by atoms with Crippen molar-refractivity contribution in [2.24, 2.45) is 5.92 Å². The van der Waals surface area contributed by atoms with Crippen molar-refractivity contribution in [1.29, 1.82) is 0 Å². The van der Waals surface area contributed by atoms with E-state index in [2.05, 4.69) is 15.3 Å². The first-order valence-electron chi connectivity index (χ1n) is 6.39. The fraction of sp³-hybridized carbons (Fsp3) is 0.615. The van der Waals surface area contributed by atoms with Gasteiger partial charge in [0.15, 0.2) is 5.78 Å². The Hall–Kier alpha value is -1.29. The summed E-state index contributed by atoms with van der Waals surface area (Å²) in [6.45, 7) is 0.